The molecule has 0 saturated heterocycles. The van der Waals surface area contributed by atoms with Crippen LogP contribution in [0.1, 0.15) is 27.3 Å². The standard InChI is InChI=1S/C14H13ClFN3OS/c15-7-1-3-9(10(16)5-7)13(20)19-14-18-11-4-2-8(17)6-12(11)21-14/h1,3,5,8H,2,4,6,17H2,(H,18,19,20)/t8-/m0/s1. The molecule has 7 heteroatoms. The summed E-state index contributed by atoms with van der Waals surface area (Å²) in [5.74, 6) is -1.18. The molecule has 21 heavy (non-hydrogen) atoms. The largest absolute Gasteiger partial charge is 0.327 e. The van der Waals surface area contributed by atoms with Crippen LogP contribution in [0.15, 0.2) is 18.2 Å². The van der Waals surface area contributed by atoms with Crippen LogP contribution in [0.3, 0.4) is 0 Å². The highest BCUT2D eigenvalue weighted by Gasteiger charge is 2.21. The van der Waals surface area contributed by atoms with E-state index in [2.05, 4.69) is 10.3 Å². The van der Waals surface area contributed by atoms with E-state index in [0.717, 1.165) is 35.9 Å². The Morgan fingerprint density at radius 2 is 2.33 bits per heavy atom. The molecule has 1 amide bonds. The van der Waals surface area contributed by atoms with Crippen molar-refractivity contribution >= 4 is 34.0 Å². The van der Waals surface area contributed by atoms with Gasteiger partial charge in [-0.2, -0.15) is 0 Å². The van der Waals surface area contributed by atoms with Gasteiger partial charge < -0.3 is 5.73 Å². The monoisotopic (exact) mass is 325 g/mol. The Kier molecular flexibility index (Phi) is 3.93. The quantitative estimate of drug-likeness (QED) is 0.892. The van der Waals surface area contributed by atoms with Crippen molar-refractivity contribution in [2.24, 2.45) is 5.73 Å². The van der Waals surface area contributed by atoms with Gasteiger partial charge in [0, 0.05) is 15.9 Å². The van der Waals surface area contributed by atoms with E-state index in [1.54, 1.807) is 0 Å². The number of hydrogen-bond donors (Lipinski definition) is 2. The SMILES string of the molecule is N[C@H]1CCc2nc(NC(=O)c3ccc(Cl)cc3F)sc2C1. The van der Waals surface area contributed by atoms with E-state index < -0.39 is 11.7 Å². The van der Waals surface area contributed by atoms with Gasteiger partial charge >= 0.3 is 0 Å². The number of hydrogen-bond acceptors (Lipinski definition) is 4. The number of halogens is 2. The summed E-state index contributed by atoms with van der Waals surface area (Å²) >= 11 is 7.07. The summed E-state index contributed by atoms with van der Waals surface area (Å²) in [7, 11) is 0. The maximum absolute atomic E-state index is 13.7. The third-order valence-corrected chi connectivity index (χ3v) is 4.64. The molecular weight excluding hydrogens is 313 g/mol. The van der Waals surface area contributed by atoms with Crippen molar-refractivity contribution in [1.29, 1.82) is 0 Å². The lowest BCUT2D eigenvalue weighted by molar-refractivity contribution is 0.102. The van der Waals surface area contributed by atoms with E-state index in [1.165, 1.54) is 23.5 Å². The summed E-state index contributed by atoms with van der Waals surface area (Å²) < 4.78 is 13.7. The number of fused-ring (bicyclic) bond motifs is 1. The molecule has 0 aliphatic heterocycles. The lowest BCUT2D eigenvalue weighted by atomic mass is 9.99. The second-order valence-electron chi connectivity index (χ2n) is 4.97. The number of carbonyl (C=O) groups excluding carboxylic acids is 1. The number of rotatable bonds is 2. The van der Waals surface area contributed by atoms with Crippen LogP contribution in [0.2, 0.25) is 5.02 Å². The molecule has 3 N–H and O–H groups in total. The lowest BCUT2D eigenvalue weighted by Gasteiger charge is -2.15. The fourth-order valence-electron chi connectivity index (χ4n) is 2.29. The fourth-order valence-corrected chi connectivity index (χ4v) is 3.55. The molecule has 0 fully saturated rings. The zero-order valence-corrected chi connectivity index (χ0v) is 12.6. The first kappa shape index (κ1) is 14.4. The highest BCUT2D eigenvalue weighted by molar-refractivity contribution is 7.15. The molecule has 0 radical (unpaired) electrons. The predicted octanol–water partition coefficient (Wildman–Crippen LogP) is 3.00. The van der Waals surface area contributed by atoms with Crippen molar-refractivity contribution in [2.45, 2.75) is 25.3 Å². The van der Waals surface area contributed by atoms with Gasteiger partial charge in [-0.3, -0.25) is 10.1 Å². The normalized spacial score (nSPS) is 17.4. The number of anilines is 1. The first-order valence-electron chi connectivity index (χ1n) is 6.53. The van der Waals surface area contributed by atoms with Gasteiger partial charge in [-0.15, -0.1) is 11.3 Å². The summed E-state index contributed by atoms with van der Waals surface area (Å²) in [6, 6.07) is 4.10. The number of amides is 1. The smallest absolute Gasteiger partial charge is 0.260 e. The fraction of sp³-hybridized carbons (Fsp3) is 0.286. The average Bonchev–Trinajstić information content (AvgIpc) is 2.79. The molecule has 1 atom stereocenters. The van der Waals surface area contributed by atoms with Gasteiger partial charge in [0.05, 0.1) is 11.3 Å². The molecule has 1 aromatic heterocycles. The number of nitrogens with one attached hydrogen (secondary N) is 1. The molecule has 1 aromatic carbocycles. The van der Waals surface area contributed by atoms with Gasteiger partial charge in [0.25, 0.3) is 5.91 Å². The number of carbonyl (C=O) groups is 1. The van der Waals surface area contributed by atoms with Gasteiger partial charge in [0.15, 0.2) is 5.13 Å². The van der Waals surface area contributed by atoms with Crippen molar-refractivity contribution in [1.82, 2.24) is 4.98 Å². The summed E-state index contributed by atoms with van der Waals surface area (Å²) in [4.78, 5) is 17.5. The highest BCUT2D eigenvalue weighted by atomic mass is 35.5. The van der Waals surface area contributed by atoms with Crippen molar-refractivity contribution in [3.05, 3.63) is 45.2 Å². The zero-order chi connectivity index (χ0) is 15.0. The van der Waals surface area contributed by atoms with Crippen LogP contribution >= 0.6 is 22.9 Å². The Bertz CT molecular complexity index is 704. The van der Waals surface area contributed by atoms with Crippen LogP contribution in [-0.2, 0) is 12.8 Å². The van der Waals surface area contributed by atoms with Gasteiger partial charge in [-0.1, -0.05) is 11.6 Å². The Morgan fingerprint density at radius 1 is 1.52 bits per heavy atom. The Balaban J connectivity index is 1.79. The molecule has 110 valence electrons. The van der Waals surface area contributed by atoms with E-state index in [0.29, 0.717) is 5.13 Å². The summed E-state index contributed by atoms with van der Waals surface area (Å²) in [6.45, 7) is 0. The molecule has 2 aromatic rings. The average molecular weight is 326 g/mol. The van der Waals surface area contributed by atoms with E-state index >= 15 is 0 Å². The van der Waals surface area contributed by atoms with Gasteiger partial charge in [0.1, 0.15) is 5.82 Å². The van der Waals surface area contributed by atoms with Crippen molar-refractivity contribution in [2.75, 3.05) is 5.32 Å². The van der Waals surface area contributed by atoms with Crippen LogP contribution in [-0.4, -0.2) is 16.9 Å². The number of aryl methyl sites for hydroxylation is 1. The Morgan fingerprint density at radius 3 is 3.10 bits per heavy atom. The maximum atomic E-state index is 13.7. The maximum Gasteiger partial charge on any atom is 0.260 e. The van der Waals surface area contributed by atoms with Gasteiger partial charge in [-0.25, -0.2) is 9.37 Å². The van der Waals surface area contributed by atoms with Gasteiger partial charge in [0.2, 0.25) is 0 Å². The second-order valence-corrected chi connectivity index (χ2v) is 6.49. The Hall–Kier alpha value is -1.50. The molecule has 0 saturated carbocycles. The molecule has 1 aliphatic rings. The molecule has 1 aliphatic carbocycles. The van der Waals surface area contributed by atoms with Crippen LogP contribution in [0, 0.1) is 5.82 Å². The van der Waals surface area contributed by atoms with Crippen molar-refractivity contribution in [3.8, 4) is 0 Å². The first-order chi connectivity index (χ1) is 10.0. The third kappa shape index (κ3) is 3.07. The summed E-state index contributed by atoms with van der Waals surface area (Å²) in [5, 5.41) is 3.37. The minimum atomic E-state index is -0.650. The van der Waals surface area contributed by atoms with Crippen LogP contribution in [0.25, 0.3) is 0 Å². The predicted molar refractivity (Wildman–Crippen MR) is 81.5 cm³/mol. The minimum absolute atomic E-state index is 0.0516. The van der Waals surface area contributed by atoms with E-state index in [1.807, 2.05) is 0 Å². The highest BCUT2D eigenvalue weighted by Crippen LogP contribution is 2.29. The summed E-state index contributed by atoms with van der Waals surface area (Å²) in [5.41, 5.74) is 6.84. The molecule has 3 rings (SSSR count). The lowest BCUT2D eigenvalue weighted by Crippen LogP contribution is -2.27. The number of nitrogens with two attached hydrogens (primary N) is 1. The van der Waals surface area contributed by atoms with E-state index in [-0.39, 0.29) is 16.6 Å². The van der Waals surface area contributed by atoms with E-state index in [9.17, 15) is 9.18 Å². The molecule has 0 bridgehead atoms. The Labute approximate surface area is 130 Å². The van der Waals surface area contributed by atoms with Crippen LogP contribution < -0.4 is 11.1 Å². The number of thiazole rings is 1. The van der Waals surface area contributed by atoms with Crippen LogP contribution in [0.5, 0.6) is 0 Å². The molecule has 4 nitrogen and oxygen atoms in total. The second kappa shape index (κ2) is 5.71. The summed E-state index contributed by atoms with van der Waals surface area (Å²) in [6.07, 6.45) is 2.49. The molecule has 0 spiro atoms. The van der Waals surface area contributed by atoms with Gasteiger partial charge in [-0.05, 0) is 37.5 Å². The number of aromatic nitrogens is 1. The molecule has 1 heterocycles. The van der Waals surface area contributed by atoms with Crippen LogP contribution in [0.4, 0.5) is 9.52 Å². The number of nitrogens with zero attached hydrogens (tertiary/aromatic N) is 1. The van der Waals surface area contributed by atoms with Crippen molar-refractivity contribution in [3.63, 3.8) is 0 Å². The topological polar surface area (TPSA) is 68.0 Å². The van der Waals surface area contributed by atoms with E-state index in [4.69, 9.17) is 17.3 Å². The zero-order valence-electron chi connectivity index (χ0n) is 11.0. The first-order valence-corrected chi connectivity index (χ1v) is 7.73. The molecule has 0 unspecified atom stereocenters. The number of benzene rings is 1. The molecular formula is C14H13ClFN3OS. The van der Waals surface area contributed by atoms with Crippen molar-refractivity contribution < 1.29 is 9.18 Å². The third-order valence-electron chi connectivity index (χ3n) is 3.37. The minimum Gasteiger partial charge on any atom is -0.327 e.